The molecule has 5 heteroatoms. The molecular weight excluding hydrogens is 602 g/mol. The zero-order valence-corrected chi connectivity index (χ0v) is 27.3. The van der Waals surface area contributed by atoms with Crippen molar-refractivity contribution in [1.82, 2.24) is 19.9 Å². The molecular formula is C40H24N4Zn. The smallest absolute Gasteiger partial charge is 0.657 e. The molecule has 6 aromatic rings. The van der Waals surface area contributed by atoms with Gasteiger partial charge in [-0.1, -0.05) is 109 Å². The molecule has 8 rings (SSSR count). The Morgan fingerprint density at radius 1 is 0.489 bits per heavy atom. The summed E-state index contributed by atoms with van der Waals surface area (Å²) >= 11 is 0. The number of benzene rings is 3. The average Bonchev–Trinajstić information content (AvgIpc) is 3.90. The Labute approximate surface area is 274 Å². The number of fused-ring (bicyclic) bond motifs is 8. The third kappa shape index (κ3) is 5.27. The second kappa shape index (κ2) is 11.8. The Kier molecular flexibility index (Phi) is 7.43. The van der Waals surface area contributed by atoms with Crippen molar-refractivity contribution in [3.05, 3.63) is 144 Å². The molecule has 0 radical (unpaired) electrons. The predicted molar refractivity (Wildman–Crippen MR) is 181 cm³/mol. The molecule has 4 nitrogen and oxygen atoms in total. The van der Waals surface area contributed by atoms with Gasteiger partial charge in [-0.15, -0.1) is 28.5 Å². The average molecular weight is 626 g/mol. The van der Waals surface area contributed by atoms with Crippen molar-refractivity contribution >= 4 is 46.4 Å². The monoisotopic (exact) mass is 624 g/mol. The van der Waals surface area contributed by atoms with Gasteiger partial charge in [0.25, 0.3) is 0 Å². The Morgan fingerprint density at radius 2 is 0.978 bits per heavy atom. The number of rotatable bonds is 3. The van der Waals surface area contributed by atoms with Gasteiger partial charge in [-0.2, -0.15) is 0 Å². The quantitative estimate of drug-likeness (QED) is 0.145. The summed E-state index contributed by atoms with van der Waals surface area (Å²) in [6.07, 6.45) is 13.9. The molecule has 3 aromatic carbocycles. The number of aromatic nitrogens is 4. The van der Waals surface area contributed by atoms with Crippen LogP contribution in [0, 0.1) is 12.3 Å². The molecule has 0 saturated heterocycles. The minimum atomic E-state index is 0. The van der Waals surface area contributed by atoms with Crippen LogP contribution >= 0.6 is 0 Å². The van der Waals surface area contributed by atoms with E-state index in [4.69, 9.17) is 26.4 Å². The molecule has 0 unspecified atom stereocenters. The first-order chi connectivity index (χ1) is 21.7. The number of terminal acetylenes is 1. The fourth-order valence-electron chi connectivity index (χ4n) is 5.85. The number of nitrogens with zero attached hydrogens (tertiary/aromatic N) is 4. The van der Waals surface area contributed by atoms with E-state index >= 15 is 0 Å². The van der Waals surface area contributed by atoms with Gasteiger partial charge >= 0.3 is 19.5 Å². The summed E-state index contributed by atoms with van der Waals surface area (Å²) in [5.41, 5.74) is 13.5. The summed E-state index contributed by atoms with van der Waals surface area (Å²) in [4.78, 5) is 20.5. The van der Waals surface area contributed by atoms with Gasteiger partial charge in [-0.25, -0.2) is 9.97 Å². The van der Waals surface area contributed by atoms with E-state index in [0.717, 1.165) is 83.8 Å². The molecule has 0 aliphatic carbocycles. The van der Waals surface area contributed by atoms with E-state index in [0.29, 0.717) is 0 Å². The molecule has 8 bridgehead atoms. The summed E-state index contributed by atoms with van der Waals surface area (Å²) in [6.45, 7) is 0. The van der Waals surface area contributed by atoms with Crippen molar-refractivity contribution in [3.8, 4) is 45.7 Å². The molecule has 0 N–H and O–H groups in total. The van der Waals surface area contributed by atoms with Crippen LogP contribution in [0.25, 0.3) is 79.8 Å². The molecule has 2 aliphatic rings. The van der Waals surface area contributed by atoms with Gasteiger partial charge in [0.15, 0.2) is 0 Å². The minimum absolute atomic E-state index is 0. The maximum Gasteiger partial charge on any atom is 2.00 e. The van der Waals surface area contributed by atoms with Crippen LogP contribution in [-0.4, -0.2) is 9.97 Å². The molecule has 0 fully saturated rings. The molecule has 2 aliphatic heterocycles. The van der Waals surface area contributed by atoms with Crippen LogP contribution in [0.1, 0.15) is 28.3 Å². The Morgan fingerprint density at radius 3 is 1.56 bits per heavy atom. The van der Waals surface area contributed by atoms with Gasteiger partial charge < -0.3 is 9.97 Å². The van der Waals surface area contributed by atoms with Crippen molar-refractivity contribution in [2.45, 2.75) is 0 Å². The molecule has 0 atom stereocenters. The van der Waals surface area contributed by atoms with Crippen LogP contribution in [0.15, 0.2) is 115 Å². The first kappa shape index (κ1) is 28.2. The zero-order valence-electron chi connectivity index (χ0n) is 24.4. The maximum atomic E-state index is 5.69. The second-order valence-corrected chi connectivity index (χ2v) is 10.7. The van der Waals surface area contributed by atoms with Crippen LogP contribution in [0.5, 0.6) is 0 Å². The SMILES string of the molecule is C#Cc1ccc(-c2c3nc(c(-c4ccccc4)c4ccc(cc5nc(c(-c6ccccc6)c6ccc2[n-]6)C=C5)[n-]4)C=C3)cc1.[Zn+2]. The summed E-state index contributed by atoms with van der Waals surface area (Å²) in [6, 6.07) is 38.8. The van der Waals surface area contributed by atoms with Gasteiger partial charge in [0, 0.05) is 5.56 Å². The van der Waals surface area contributed by atoms with Crippen LogP contribution in [0.4, 0.5) is 0 Å². The van der Waals surface area contributed by atoms with Crippen LogP contribution in [0.2, 0.25) is 0 Å². The molecule has 0 spiro atoms. The first-order valence-electron chi connectivity index (χ1n) is 14.4. The van der Waals surface area contributed by atoms with E-state index in [1.165, 1.54) is 0 Å². The second-order valence-electron chi connectivity index (χ2n) is 10.7. The molecule has 206 valence electrons. The summed E-state index contributed by atoms with van der Waals surface area (Å²) in [7, 11) is 0. The topological polar surface area (TPSA) is 54.0 Å². The van der Waals surface area contributed by atoms with Crippen molar-refractivity contribution < 1.29 is 19.5 Å². The van der Waals surface area contributed by atoms with Crippen molar-refractivity contribution in [2.24, 2.45) is 0 Å². The summed E-state index contributed by atoms with van der Waals surface area (Å²) in [5.74, 6) is 2.72. The van der Waals surface area contributed by atoms with E-state index < -0.39 is 0 Å². The molecule has 0 amide bonds. The van der Waals surface area contributed by atoms with Crippen LogP contribution < -0.4 is 9.97 Å². The summed E-state index contributed by atoms with van der Waals surface area (Å²) in [5, 5.41) is 0. The number of hydrogen-bond donors (Lipinski definition) is 0. The maximum absolute atomic E-state index is 5.69. The normalized spacial score (nSPS) is 11.6. The van der Waals surface area contributed by atoms with E-state index in [9.17, 15) is 0 Å². The predicted octanol–water partition coefficient (Wildman–Crippen LogP) is 8.89. The fourth-order valence-corrected chi connectivity index (χ4v) is 5.85. The zero-order chi connectivity index (χ0) is 29.5. The Bertz CT molecular complexity index is 2280. The minimum Gasteiger partial charge on any atom is -0.657 e. The molecule has 5 heterocycles. The Balaban J connectivity index is 0.00000325. The van der Waals surface area contributed by atoms with Crippen molar-refractivity contribution in [2.75, 3.05) is 0 Å². The van der Waals surface area contributed by atoms with Gasteiger partial charge in [0.2, 0.25) is 0 Å². The third-order valence-electron chi connectivity index (χ3n) is 7.90. The first-order valence-corrected chi connectivity index (χ1v) is 14.4. The Hall–Kier alpha value is -5.56. The number of hydrogen-bond acceptors (Lipinski definition) is 2. The van der Waals surface area contributed by atoms with E-state index in [1.54, 1.807) is 0 Å². The van der Waals surface area contributed by atoms with Gasteiger partial charge in [0.1, 0.15) is 0 Å². The molecule has 3 aromatic heterocycles. The van der Waals surface area contributed by atoms with Gasteiger partial charge in [-0.3, -0.25) is 0 Å². The summed E-state index contributed by atoms with van der Waals surface area (Å²) < 4.78 is 0. The van der Waals surface area contributed by atoms with E-state index in [1.807, 2.05) is 78.9 Å². The largest absolute Gasteiger partial charge is 2.00 e. The van der Waals surface area contributed by atoms with Crippen molar-refractivity contribution in [1.29, 1.82) is 0 Å². The van der Waals surface area contributed by atoms with Gasteiger partial charge in [-0.05, 0) is 69.8 Å². The van der Waals surface area contributed by atoms with E-state index in [2.05, 4.69) is 66.6 Å². The van der Waals surface area contributed by atoms with Crippen LogP contribution in [0.3, 0.4) is 0 Å². The standard InChI is InChI=1S/C40H24N4.Zn/c1-2-26-13-15-29(16-14-26)40-36-23-21-34(43-36)38(27-9-5-3-6-10-27)32-19-17-30(41-32)25-31-18-20-33(42-31)39(28-11-7-4-8-12-28)35-22-24-37(40)44-35;/h1,3-25H;/q-2;+2. The fraction of sp³-hybridized carbons (Fsp3) is 0. The van der Waals surface area contributed by atoms with Crippen molar-refractivity contribution in [3.63, 3.8) is 0 Å². The molecule has 0 saturated carbocycles. The van der Waals surface area contributed by atoms with E-state index in [-0.39, 0.29) is 19.5 Å². The third-order valence-corrected chi connectivity index (χ3v) is 7.90. The van der Waals surface area contributed by atoms with Gasteiger partial charge in [0.05, 0.1) is 22.8 Å². The van der Waals surface area contributed by atoms with Crippen LogP contribution in [-0.2, 0) is 19.5 Å². The molecule has 45 heavy (non-hydrogen) atoms.